The van der Waals surface area contributed by atoms with E-state index in [1.165, 1.54) is 10.8 Å². The lowest BCUT2D eigenvalue weighted by Crippen LogP contribution is -2.43. The first kappa shape index (κ1) is 24.3. The Balaban J connectivity index is 1.30. The molecule has 4 aromatic rings. The molecule has 3 aromatic carbocycles. The van der Waals surface area contributed by atoms with E-state index < -0.39 is 12.1 Å². The van der Waals surface area contributed by atoms with E-state index in [0.717, 1.165) is 28.7 Å². The van der Waals surface area contributed by atoms with Gasteiger partial charge in [0.15, 0.2) is 5.78 Å². The molecule has 2 heterocycles. The van der Waals surface area contributed by atoms with Gasteiger partial charge in [-0.25, -0.2) is 9.59 Å². The number of carbonyl (C=O) groups is 3. The molecule has 0 saturated carbocycles. The summed E-state index contributed by atoms with van der Waals surface area (Å²) in [5, 5.41) is 3.59. The SMILES string of the molecule is NCc1ccc(-c2cccc(CC(=O)[C@@H]3CCCN3C(=O)Nc3cn(C(N)=O)c4ccccc34)c2)cc1. The molecule has 8 heteroatoms. The summed E-state index contributed by atoms with van der Waals surface area (Å²) in [5.41, 5.74) is 16.3. The third-order valence-corrected chi connectivity index (χ3v) is 6.90. The van der Waals surface area contributed by atoms with E-state index >= 15 is 0 Å². The quantitative estimate of drug-likeness (QED) is 0.364. The summed E-state index contributed by atoms with van der Waals surface area (Å²) in [4.78, 5) is 40.0. The van der Waals surface area contributed by atoms with E-state index in [4.69, 9.17) is 11.5 Å². The van der Waals surface area contributed by atoms with Gasteiger partial charge >= 0.3 is 12.1 Å². The summed E-state index contributed by atoms with van der Waals surface area (Å²) in [5.74, 6) is 0.00263. The fourth-order valence-corrected chi connectivity index (χ4v) is 5.01. The number of rotatable bonds is 6. The number of likely N-dealkylation sites (tertiary alicyclic amines) is 1. The molecule has 37 heavy (non-hydrogen) atoms. The maximum Gasteiger partial charge on any atom is 0.323 e. The summed E-state index contributed by atoms with van der Waals surface area (Å²) in [6.07, 6.45) is 3.13. The lowest BCUT2D eigenvalue weighted by atomic mass is 9.97. The van der Waals surface area contributed by atoms with Crippen LogP contribution in [0.15, 0.2) is 79.0 Å². The van der Waals surface area contributed by atoms with Crippen LogP contribution in [0.25, 0.3) is 22.0 Å². The van der Waals surface area contributed by atoms with E-state index in [9.17, 15) is 14.4 Å². The smallest absolute Gasteiger partial charge is 0.323 e. The van der Waals surface area contributed by atoms with E-state index in [1.54, 1.807) is 17.0 Å². The molecule has 5 rings (SSSR count). The van der Waals surface area contributed by atoms with Crippen molar-refractivity contribution >= 4 is 34.4 Å². The standard InChI is InChI=1S/C29H29N5O3/c30-17-19-10-12-21(13-11-19)22-6-3-5-20(15-22)16-27(35)26-9-4-14-33(26)29(37)32-24-18-34(28(31)36)25-8-2-1-7-23(24)25/h1-3,5-8,10-13,15,18,26H,4,9,14,16-17,30H2,(H2,31,36)(H,32,37)/t26-/m0/s1. The van der Waals surface area contributed by atoms with Crippen LogP contribution < -0.4 is 16.8 Å². The number of Topliss-reactive ketones (excluding diaryl/α,β-unsaturated/α-hetero) is 1. The molecule has 0 radical (unpaired) electrons. The van der Waals surface area contributed by atoms with Crippen LogP contribution in [0.2, 0.25) is 0 Å². The van der Waals surface area contributed by atoms with Crippen molar-refractivity contribution in [2.75, 3.05) is 11.9 Å². The molecule has 5 N–H and O–H groups in total. The van der Waals surface area contributed by atoms with E-state index in [2.05, 4.69) is 5.32 Å². The molecule has 0 spiro atoms. The second-order valence-corrected chi connectivity index (χ2v) is 9.29. The highest BCUT2D eigenvalue weighted by Crippen LogP contribution is 2.28. The van der Waals surface area contributed by atoms with E-state index in [1.807, 2.05) is 60.7 Å². The number of nitrogens with zero attached hydrogens (tertiary/aromatic N) is 2. The fourth-order valence-electron chi connectivity index (χ4n) is 5.01. The number of carbonyl (C=O) groups excluding carboxylic acids is 3. The average molecular weight is 496 g/mol. The summed E-state index contributed by atoms with van der Waals surface area (Å²) < 4.78 is 1.30. The van der Waals surface area contributed by atoms with E-state index in [0.29, 0.717) is 36.1 Å². The summed E-state index contributed by atoms with van der Waals surface area (Å²) in [6, 6.07) is 21.7. The summed E-state index contributed by atoms with van der Waals surface area (Å²) in [6.45, 7) is 0.984. The Morgan fingerprint density at radius 1 is 0.919 bits per heavy atom. The van der Waals surface area contributed by atoms with Gasteiger partial charge in [-0.3, -0.25) is 9.36 Å². The Bertz CT molecular complexity index is 1470. The molecule has 0 bridgehead atoms. The Kier molecular flexibility index (Phi) is 6.74. The van der Waals surface area contributed by atoms with Gasteiger partial charge in [0.05, 0.1) is 17.2 Å². The number of primary amides is 1. The second-order valence-electron chi connectivity index (χ2n) is 9.29. The zero-order chi connectivity index (χ0) is 25.9. The van der Waals surface area contributed by atoms with Gasteiger partial charge in [0.1, 0.15) is 0 Å². The number of para-hydroxylation sites is 1. The van der Waals surface area contributed by atoms with Crippen molar-refractivity contribution in [3.63, 3.8) is 0 Å². The first-order valence-electron chi connectivity index (χ1n) is 12.3. The molecule has 1 aliphatic heterocycles. The van der Waals surface area contributed by atoms with Crippen molar-refractivity contribution in [3.05, 3.63) is 90.1 Å². The monoisotopic (exact) mass is 495 g/mol. The van der Waals surface area contributed by atoms with Gasteiger partial charge in [-0.05, 0) is 41.2 Å². The third-order valence-electron chi connectivity index (χ3n) is 6.90. The molecule has 1 atom stereocenters. The van der Waals surface area contributed by atoms with Gasteiger partial charge in [-0.1, -0.05) is 66.7 Å². The number of urea groups is 1. The predicted octanol–water partition coefficient (Wildman–Crippen LogP) is 4.50. The summed E-state index contributed by atoms with van der Waals surface area (Å²) >= 11 is 0. The molecule has 1 saturated heterocycles. The van der Waals surface area contributed by atoms with Crippen molar-refractivity contribution in [1.29, 1.82) is 0 Å². The lowest BCUT2D eigenvalue weighted by Gasteiger charge is -2.24. The molecule has 1 fully saturated rings. The van der Waals surface area contributed by atoms with Gasteiger partial charge in [0, 0.05) is 31.1 Å². The number of hydrogen-bond donors (Lipinski definition) is 3. The normalized spacial score (nSPS) is 15.2. The summed E-state index contributed by atoms with van der Waals surface area (Å²) in [7, 11) is 0. The van der Waals surface area contributed by atoms with Crippen LogP contribution in [-0.4, -0.2) is 39.9 Å². The van der Waals surface area contributed by atoms with Crippen LogP contribution in [0.1, 0.15) is 24.0 Å². The highest BCUT2D eigenvalue weighted by molar-refractivity contribution is 6.05. The molecule has 1 aromatic heterocycles. The first-order chi connectivity index (χ1) is 17.9. The predicted molar refractivity (Wildman–Crippen MR) is 144 cm³/mol. The topological polar surface area (TPSA) is 123 Å². The first-order valence-corrected chi connectivity index (χ1v) is 12.3. The fraction of sp³-hybridized carbons (Fsp3) is 0.207. The van der Waals surface area contributed by atoms with Gasteiger partial charge < -0.3 is 21.7 Å². The second kappa shape index (κ2) is 10.3. The molecular formula is C29H29N5O3. The van der Waals surface area contributed by atoms with E-state index in [-0.39, 0.29) is 18.2 Å². The number of ketones is 1. The maximum atomic E-state index is 13.3. The number of nitrogens with one attached hydrogen (secondary N) is 1. The number of amides is 3. The van der Waals surface area contributed by atoms with Crippen molar-refractivity contribution < 1.29 is 14.4 Å². The zero-order valence-electron chi connectivity index (χ0n) is 20.4. The molecular weight excluding hydrogens is 466 g/mol. The van der Waals surface area contributed by atoms with Gasteiger partial charge in [0.2, 0.25) is 0 Å². The van der Waals surface area contributed by atoms with Crippen LogP contribution in [0.5, 0.6) is 0 Å². The molecule has 1 aliphatic rings. The number of fused-ring (bicyclic) bond motifs is 1. The molecule has 8 nitrogen and oxygen atoms in total. The third kappa shape index (κ3) is 4.96. The largest absolute Gasteiger partial charge is 0.351 e. The molecule has 0 aliphatic carbocycles. The highest BCUT2D eigenvalue weighted by atomic mass is 16.2. The van der Waals surface area contributed by atoms with Gasteiger partial charge in [0.25, 0.3) is 0 Å². The average Bonchev–Trinajstić information content (AvgIpc) is 3.55. The van der Waals surface area contributed by atoms with Crippen LogP contribution in [0, 0.1) is 0 Å². The van der Waals surface area contributed by atoms with Crippen LogP contribution in [0.4, 0.5) is 15.3 Å². The number of nitrogens with two attached hydrogens (primary N) is 2. The molecule has 3 amide bonds. The van der Waals surface area contributed by atoms with Crippen molar-refractivity contribution in [2.45, 2.75) is 31.8 Å². The molecule has 0 unspecified atom stereocenters. The Hall–Kier alpha value is -4.43. The Morgan fingerprint density at radius 3 is 2.46 bits per heavy atom. The van der Waals surface area contributed by atoms with Crippen LogP contribution >= 0.6 is 0 Å². The number of anilines is 1. The van der Waals surface area contributed by atoms with Gasteiger partial charge in [-0.2, -0.15) is 0 Å². The minimum Gasteiger partial charge on any atom is -0.351 e. The van der Waals surface area contributed by atoms with Crippen molar-refractivity contribution in [2.24, 2.45) is 11.5 Å². The van der Waals surface area contributed by atoms with Crippen LogP contribution in [-0.2, 0) is 17.8 Å². The lowest BCUT2D eigenvalue weighted by molar-refractivity contribution is -0.121. The minimum atomic E-state index is -0.636. The zero-order valence-corrected chi connectivity index (χ0v) is 20.4. The number of benzene rings is 3. The highest BCUT2D eigenvalue weighted by Gasteiger charge is 2.34. The van der Waals surface area contributed by atoms with Crippen molar-refractivity contribution in [1.82, 2.24) is 9.47 Å². The van der Waals surface area contributed by atoms with Gasteiger partial charge in [-0.15, -0.1) is 0 Å². The van der Waals surface area contributed by atoms with Crippen LogP contribution in [0.3, 0.4) is 0 Å². The minimum absolute atomic E-state index is 0.00263. The van der Waals surface area contributed by atoms with Crippen molar-refractivity contribution in [3.8, 4) is 11.1 Å². The Labute approximate surface area is 214 Å². The Morgan fingerprint density at radius 2 is 1.70 bits per heavy atom. The molecule has 188 valence electrons. The number of aromatic nitrogens is 1. The number of hydrogen-bond acceptors (Lipinski definition) is 4. The maximum absolute atomic E-state index is 13.3.